The summed E-state index contributed by atoms with van der Waals surface area (Å²) in [5.74, 6) is 1.77. The molecule has 2 atom stereocenters. The van der Waals surface area contributed by atoms with Crippen LogP contribution in [0, 0.1) is 11.3 Å². The lowest BCUT2D eigenvalue weighted by atomic mass is 9.93. The predicted molar refractivity (Wildman–Crippen MR) is 137 cm³/mol. The first kappa shape index (κ1) is 24.5. The van der Waals surface area contributed by atoms with E-state index in [1.807, 2.05) is 18.5 Å². The molecular formula is C27H29F3N8O. The van der Waals surface area contributed by atoms with Gasteiger partial charge in [0.2, 0.25) is 0 Å². The van der Waals surface area contributed by atoms with Crippen LogP contribution in [0.4, 0.5) is 19.0 Å². The van der Waals surface area contributed by atoms with E-state index >= 15 is 0 Å². The molecule has 1 unspecified atom stereocenters. The molecule has 0 aromatic carbocycles. The van der Waals surface area contributed by atoms with Crippen LogP contribution in [-0.4, -0.2) is 73.8 Å². The molecular weight excluding hydrogens is 509 g/mol. The number of ether oxygens (including phenoxy) is 1. The number of nitrogens with one attached hydrogen (secondary N) is 1. The summed E-state index contributed by atoms with van der Waals surface area (Å²) in [5.41, 5.74) is 1.67. The molecule has 1 saturated carbocycles. The summed E-state index contributed by atoms with van der Waals surface area (Å²) in [6.07, 6.45) is 7.21. The number of pyridine rings is 1. The van der Waals surface area contributed by atoms with Crippen LogP contribution in [0.25, 0.3) is 17.2 Å². The van der Waals surface area contributed by atoms with E-state index in [9.17, 15) is 13.2 Å². The normalized spacial score (nSPS) is 23.5. The van der Waals surface area contributed by atoms with E-state index in [4.69, 9.17) is 9.72 Å². The number of anilines is 1. The smallest absolute Gasteiger partial charge is 0.381 e. The lowest BCUT2D eigenvalue weighted by Gasteiger charge is -2.42. The molecule has 7 rings (SSSR count). The summed E-state index contributed by atoms with van der Waals surface area (Å²) in [7, 11) is 0. The molecule has 2 saturated heterocycles. The minimum atomic E-state index is -4.45. The predicted octanol–water partition coefficient (Wildman–Crippen LogP) is 4.21. The van der Waals surface area contributed by atoms with Gasteiger partial charge in [0.25, 0.3) is 0 Å². The minimum Gasteiger partial charge on any atom is -0.381 e. The Bertz CT molecular complexity index is 1460. The van der Waals surface area contributed by atoms with Gasteiger partial charge in [-0.25, -0.2) is 15.0 Å². The number of alkyl halides is 3. The fourth-order valence-corrected chi connectivity index (χ4v) is 6.33. The van der Waals surface area contributed by atoms with Crippen LogP contribution < -0.4 is 4.90 Å². The third kappa shape index (κ3) is 4.55. The fraction of sp³-hybridized carbons (Fsp3) is 0.481. The standard InChI is InChI=1S/C27H29F3N8O/c28-27(29,30)19-1-2-23-32-14-21(38(23)16-19)25-31-6-3-24(35-25)37-8-7-36(22(17-37)18-12-33-34-13-18)15-20-11-26(20)4-9-39-10-5-26/h1-3,6,12-14,16,20,22H,4-5,7-11,15,17H2,(H,33,34)/t20-,22?/m0/s1. The van der Waals surface area contributed by atoms with Crippen LogP contribution in [0.1, 0.15) is 36.4 Å². The second-order valence-corrected chi connectivity index (χ2v) is 10.9. The molecule has 4 aromatic heterocycles. The number of halogens is 3. The summed E-state index contributed by atoms with van der Waals surface area (Å²) in [6, 6.07) is 4.39. The van der Waals surface area contributed by atoms with Gasteiger partial charge in [-0.2, -0.15) is 18.3 Å². The summed E-state index contributed by atoms with van der Waals surface area (Å²) in [4.78, 5) is 18.2. The molecule has 204 valence electrons. The maximum absolute atomic E-state index is 13.3. The third-order valence-electron chi connectivity index (χ3n) is 8.72. The van der Waals surface area contributed by atoms with Crippen LogP contribution in [0.5, 0.6) is 0 Å². The van der Waals surface area contributed by atoms with Gasteiger partial charge in [0, 0.05) is 63.5 Å². The van der Waals surface area contributed by atoms with Crippen molar-refractivity contribution in [2.45, 2.75) is 31.5 Å². The van der Waals surface area contributed by atoms with Gasteiger partial charge >= 0.3 is 6.18 Å². The van der Waals surface area contributed by atoms with Crippen molar-refractivity contribution >= 4 is 11.5 Å². The van der Waals surface area contributed by atoms with Crippen LogP contribution in [0.3, 0.4) is 0 Å². The van der Waals surface area contributed by atoms with Gasteiger partial charge in [-0.1, -0.05) is 0 Å². The Morgan fingerprint density at radius 3 is 2.74 bits per heavy atom. The first-order valence-corrected chi connectivity index (χ1v) is 13.3. The average molecular weight is 539 g/mol. The SMILES string of the molecule is FC(F)(F)c1ccc2ncc(-c3nccc(N4CCN(C[C@@H]5CC56CCOCC6)C(c5cn[nH]c5)C4)n3)n2c1. The maximum atomic E-state index is 13.3. The molecule has 1 N–H and O–H groups in total. The molecule has 6 heterocycles. The van der Waals surface area contributed by atoms with Crippen molar-refractivity contribution in [1.82, 2.24) is 34.4 Å². The molecule has 9 nitrogen and oxygen atoms in total. The van der Waals surface area contributed by atoms with Crippen molar-refractivity contribution in [3.63, 3.8) is 0 Å². The van der Waals surface area contributed by atoms with Crippen molar-refractivity contribution in [3.05, 3.63) is 60.3 Å². The number of aromatic nitrogens is 6. The Kier molecular flexibility index (Phi) is 5.85. The summed E-state index contributed by atoms with van der Waals surface area (Å²) < 4.78 is 47.0. The first-order valence-electron chi connectivity index (χ1n) is 13.3. The number of fused-ring (bicyclic) bond motifs is 1. The molecule has 0 bridgehead atoms. The summed E-state index contributed by atoms with van der Waals surface area (Å²) in [6.45, 7) is 5.19. The summed E-state index contributed by atoms with van der Waals surface area (Å²) in [5, 5.41) is 7.17. The van der Waals surface area contributed by atoms with Gasteiger partial charge in [0.05, 0.1) is 24.0 Å². The Morgan fingerprint density at radius 2 is 1.95 bits per heavy atom. The third-order valence-corrected chi connectivity index (χ3v) is 8.72. The van der Waals surface area contributed by atoms with Crippen molar-refractivity contribution in [3.8, 4) is 11.5 Å². The van der Waals surface area contributed by atoms with Gasteiger partial charge in [0.15, 0.2) is 5.82 Å². The number of rotatable bonds is 5. The molecule has 3 fully saturated rings. The first-order chi connectivity index (χ1) is 18.9. The quantitative estimate of drug-likeness (QED) is 0.407. The van der Waals surface area contributed by atoms with Gasteiger partial charge in [-0.15, -0.1) is 0 Å². The van der Waals surface area contributed by atoms with Crippen LogP contribution in [-0.2, 0) is 10.9 Å². The molecule has 1 spiro atoms. The van der Waals surface area contributed by atoms with Gasteiger partial charge in [-0.05, 0) is 48.8 Å². The lowest BCUT2D eigenvalue weighted by molar-refractivity contribution is -0.137. The number of hydrogen-bond acceptors (Lipinski definition) is 7. The van der Waals surface area contributed by atoms with E-state index in [0.717, 1.165) is 75.9 Å². The highest BCUT2D eigenvalue weighted by molar-refractivity contribution is 5.59. The van der Waals surface area contributed by atoms with E-state index in [1.54, 1.807) is 6.20 Å². The highest BCUT2D eigenvalue weighted by Gasteiger charge is 2.54. The van der Waals surface area contributed by atoms with Crippen molar-refractivity contribution in [1.29, 1.82) is 0 Å². The van der Waals surface area contributed by atoms with E-state index in [1.165, 1.54) is 23.1 Å². The van der Waals surface area contributed by atoms with E-state index in [0.29, 0.717) is 28.5 Å². The number of aromatic amines is 1. The minimum absolute atomic E-state index is 0.151. The van der Waals surface area contributed by atoms with Crippen LogP contribution in [0.2, 0.25) is 0 Å². The number of hydrogen-bond donors (Lipinski definition) is 1. The number of piperazine rings is 1. The zero-order valence-corrected chi connectivity index (χ0v) is 21.3. The number of H-pyrrole nitrogens is 1. The topological polar surface area (TPSA) is 87.5 Å². The molecule has 4 aromatic rings. The van der Waals surface area contributed by atoms with E-state index in [-0.39, 0.29) is 6.04 Å². The highest BCUT2D eigenvalue weighted by Crippen LogP contribution is 2.59. The van der Waals surface area contributed by atoms with Crippen molar-refractivity contribution in [2.24, 2.45) is 11.3 Å². The Hall–Kier alpha value is -3.51. The van der Waals surface area contributed by atoms with Crippen LogP contribution in [0.15, 0.2) is 49.2 Å². The monoisotopic (exact) mass is 538 g/mol. The highest BCUT2D eigenvalue weighted by atomic mass is 19.4. The largest absolute Gasteiger partial charge is 0.417 e. The second kappa shape index (κ2) is 9.30. The average Bonchev–Trinajstić information content (AvgIpc) is 3.33. The second-order valence-electron chi connectivity index (χ2n) is 10.9. The van der Waals surface area contributed by atoms with E-state index in [2.05, 4.69) is 30.0 Å². The van der Waals surface area contributed by atoms with E-state index < -0.39 is 11.7 Å². The lowest BCUT2D eigenvalue weighted by Crippen LogP contribution is -2.49. The van der Waals surface area contributed by atoms with Crippen molar-refractivity contribution < 1.29 is 17.9 Å². The zero-order valence-electron chi connectivity index (χ0n) is 21.3. The molecule has 0 radical (unpaired) electrons. The Labute approximate surface area is 223 Å². The molecule has 2 aliphatic heterocycles. The molecule has 0 amide bonds. The van der Waals surface area contributed by atoms with Crippen LogP contribution >= 0.6 is 0 Å². The molecule has 1 aliphatic carbocycles. The van der Waals surface area contributed by atoms with Crippen molar-refractivity contribution in [2.75, 3.05) is 44.3 Å². The van der Waals surface area contributed by atoms with Gasteiger partial charge < -0.3 is 9.64 Å². The Balaban J connectivity index is 1.14. The number of nitrogens with zero attached hydrogens (tertiary/aromatic N) is 7. The summed E-state index contributed by atoms with van der Waals surface area (Å²) >= 11 is 0. The molecule has 39 heavy (non-hydrogen) atoms. The zero-order chi connectivity index (χ0) is 26.6. The molecule has 3 aliphatic rings. The molecule has 12 heteroatoms. The maximum Gasteiger partial charge on any atom is 0.417 e. The van der Waals surface area contributed by atoms with Gasteiger partial charge in [-0.3, -0.25) is 14.4 Å². The number of imidazole rings is 1. The fourth-order valence-electron chi connectivity index (χ4n) is 6.33. The van der Waals surface area contributed by atoms with Gasteiger partial charge in [0.1, 0.15) is 17.2 Å². The Morgan fingerprint density at radius 1 is 1.08 bits per heavy atom.